The van der Waals surface area contributed by atoms with Crippen molar-refractivity contribution >= 4 is 21.6 Å². The lowest BCUT2D eigenvalue weighted by atomic mass is 9.89. The van der Waals surface area contributed by atoms with Crippen molar-refractivity contribution in [3.8, 4) is 5.75 Å². The number of nitrogens with zero attached hydrogens (tertiary/aromatic N) is 1. The molecule has 1 aliphatic carbocycles. The van der Waals surface area contributed by atoms with Crippen LogP contribution < -0.4 is 14.4 Å². The molecular formula is C23H30N2O4S. The van der Waals surface area contributed by atoms with Gasteiger partial charge in [0.2, 0.25) is 15.9 Å². The Morgan fingerprint density at radius 1 is 1.10 bits per heavy atom. The lowest BCUT2D eigenvalue weighted by Gasteiger charge is -2.24. The summed E-state index contributed by atoms with van der Waals surface area (Å²) < 4.78 is 31.1. The molecular weight excluding hydrogens is 400 g/mol. The van der Waals surface area contributed by atoms with E-state index in [0.717, 1.165) is 29.0 Å². The Hall–Kier alpha value is -2.54. The summed E-state index contributed by atoms with van der Waals surface area (Å²) in [6.07, 6.45) is 5.71. The summed E-state index contributed by atoms with van der Waals surface area (Å²) in [4.78, 5) is 12.7. The molecule has 0 saturated heterocycles. The maximum absolute atomic E-state index is 12.7. The maximum atomic E-state index is 12.7. The third-order valence-electron chi connectivity index (χ3n) is 5.37. The first-order chi connectivity index (χ1) is 14.3. The van der Waals surface area contributed by atoms with E-state index in [4.69, 9.17) is 4.74 Å². The molecule has 1 amide bonds. The first-order valence-electron chi connectivity index (χ1n) is 10.4. The van der Waals surface area contributed by atoms with Crippen molar-refractivity contribution in [2.75, 3.05) is 23.7 Å². The van der Waals surface area contributed by atoms with Gasteiger partial charge in [-0.25, -0.2) is 8.42 Å². The van der Waals surface area contributed by atoms with Gasteiger partial charge in [0, 0.05) is 0 Å². The molecule has 1 atom stereocenters. The zero-order valence-corrected chi connectivity index (χ0v) is 18.7. The number of carbonyl (C=O) groups excluding carboxylic acids is 1. The minimum Gasteiger partial charge on any atom is -0.494 e. The van der Waals surface area contributed by atoms with E-state index < -0.39 is 10.0 Å². The molecule has 162 valence electrons. The fraction of sp³-hybridized carbons (Fsp3) is 0.435. The Labute approximate surface area is 179 Å². The van der Waals surface area contributed by atoms with Gasteiger partial charge in [-0.1, -0.05) is 18.2 Å². The van der Waals surface area contributed by atoms with Crippen LogP contribution in [0.25, 0.3) is 0 Å². The fourth-order valence-corrected chi connectivity index (χ4v) is 4.66. The van der Waals surface area contributed by atoms with Crippen LogP contribution in [0.3, 0.4) is 0 Å². The van der Waals surface area contributed by atoms with E-state index in [0.29, 0.717) is 18.0 Å². The van der Waals surface area contributed by atoms with E-state index >= 15 is 0 Å². The first-order valence-corrected chi connectivity index (χ1v) is 12.2. The third kappa shape index (κ3) is 5.53. The molecule has 0 fully saturated rings. The molecule has 1 aliphatic rings. The summed E-state index contributed by atoms with van der Waals surface area (Å²) in [7, 11) is -3.62. The lowest BCUT2D eigenvalue weighted by molar-refractivity contribution is -0.120. The van der Waals surface area contributed by atoms with Gasteiger partial charge >= 0.3 is 0 Å². The van der Waals surface area contributed by atoms with Crippen LogP contribution in [0.2, 0.25) is 0 Å². The highest BCUT2D eigenvalue weighted by Crippen LogP contribution is 2.25. The predicted octanol–water partition coefficient (Wildman–Crippen LogP) is 3.61. The largest absolute Gasteiger partial charge is 0.494 e. The summed E-state index contributed by atoms with van der Waals surface area (Å²) in [5.41, 5.74) is 4.21. The molecule has 0 unspecified atom stereocenters. The number of hydrogen-bond donors (Lipinski definition) is 1. The van der Waals surface area contributed by atoms with Crippen molar-refractivity contribution in [3.05, 3.63) is 59.2 Å². The molecule has 0 saturated carbocycles. The van der Waals surface area contributed by atoms with Gasteiger partial charge in [-0.3, -0.25) is 9.10 Å². The number of benzene rings is 2. The van der Waals surface area contributed by atoms with Gasteiger partial charge in [0.25, 0.3) is 0 Å². The van der Waals surface area contributed by atoms with Gasteiger partial charge in [-0.2, -0.15) is 0 Å². The van der Waals surface area contributed by atoms with Crippen molar-refractivity contribution < 1.29 is 17.9 Å². The highest BCUT2D eigenvalue weighted by atomic mass is 32.2. The minimum absolute atomic E-state index is 0.202. The Morgan fingerprint density at radius 2 is 1.77 bits per heavy atom. The lowest BCUT2D eigenvalue weighted by Crippen LogP contribution is -2.41. The van der Waals surface area contributed by atoms with E-state index in [1.54, 1.807) is 24.3 Å². The summed E-state index contributed by atoms with van der Waals surface area (Å²) in [6, 6.07) is 12.9. The van der Waals surface area contributed by atoms with Crippen LogP contribution in [0.5, 0.6) is 5.75 Å². The smallest absolute Gasteiger partial charge is 0.241 e. The topological polar surface area (TPSA) is 75.7 Å². The second kappa shape index (κ2) is 9.51. The van der Waals surface area contributed by atoms with Gasteiger partial charge < -0.3 is 10.1 Å². The average Bonchev–Trinajstić information content (AvgIpc) is 2.72. The molecule has 7 heteroatoms. The van der Waals surface area contributed by atoms with Crippen molar-refractivity contribution in [3.63, 3.8) is 0 Å². The Balaban J connectivity index is 1.70. The molecule has 6 nitrogen and oxygen atoms in total. The van der Waals surface area contributed by atoms with Crippen molar-refractivity contribution in [1.82, 2.24) is 5.32 Å². The number of anilines is 1. The number of amides is 1. The number of carbonyl (C=O) groups is 1. The zero-order chi connectivity index (χ0) is 21.7. The molecule has 3 rings (SSSR count). The monoisotopic (exact) mass is 430 g/mol. The van der Waals surface area contributed by atoms with Crippen LogP contribution in [0.1, 0.15) is 49.4 Å². The average molecular weight is 431 g/mol. The van der Waals surface area contributed by atoms with Crippen LogP contribution in [0.15, 0.2) is 42.5 Å². The quantitative estimate of drug-likeness (QED) is 0.694. The number of hydrogen-bond acceptors (Lipinski definition) is 4. The normalized spacial score (nSPS) is 14.5. The SMILES string of the molecule is CCOc1ccc(N(CC(=O)N[C@H](C)c2ccc3c(c2)CCCC3)S(C)(=O)=O)cc1. The number of fused-ring (bicyclic) bond motifs is 1. The van der Waals surface area contributed by atoms with E-state index in [9.17, 15) is 13.2 Å². The molecule has 0 radical (unpaired) electrons. The van der Waals surface area contributed by atoms with Crippen LogP contribution in [0.4, 0.5) is 5.69 Å². The number of rotatable bonds is 8. The number of aryl methyl sites for hydroxylation is 2. The third-order valence-corrected chi connectivity index (χ3v) is 6.51. The van der Waals surface area contributed by atoms with E-state index in [2.05, 4.69) is 23.5 Å². The van der Waals surface area contributed by atoms with Gasteiger partial charge in [0.1, 0.15) is 12.3 Å². The maximum Gasteiger partial charge on any atom is 0.241 e. The Morgan fingerprint density at radius 3 is 2.40 bits per heavy atom. The molecule has 2 aromatic carbocycles. The Kier molecular flexibility index (Phi) is 7.02. The molecule has 2 aromatic rings. The molecule has 0 aliphatic heterocycles. The molecule has 0 bridgehead atoms. The Bertz CT molecular complexity index is 987. The van der Waals surface area contributed by atoms with E-state index in [-0.39, 0.29) is 18.5 Å². The first kappa shape index (κ1) is 22.2. The summed E-state index contributed by atoms with van der Waals surface area (Å²) in [6.45, 7) is 4.05. The van der Waals surface area contributed by atoms with Crippen LogP contribution >= 0.6 is 0 Å². The molecule has 0 aromatic heterocycles. The number of sulfonamides is 1. The molecule has 1 N–H and O–H groups in total. The van der Waals surface area contributed by atoms with Crippen LogP contribution in [0, 0.1) is 0 Å². The highest BCUT2D eigenvalue weighted by molar-refractivity contribution is 7.92. The minimum atomic E-state index is -3.62. The van der Waals surface area contributed by atoms with Crippen molar-refractivity contribution in [2.45, 2.75) is 45.6 Å². The van der Waals surface area contributed by atoms with Crippen LogP contribution in [-0.2, 0) is 27.7 Å². The second-order valence-electron chi connectivity index (χ2n) is 7.72. The van der Waals surface area contributed by atoms with Gasteiger partial charge in [-0.05, 0) is 80.5 Å². The van der Waals surface area contributed by atoms with Gasteiger partial charge in [-0.15, -0.1) is 0 Å². The predicted molar refractivity (Wildman–Crippen MR) is 119 cm³/mol. The number of nitrogens with one attached hydrogen (secondary N) is 1. The second-order valence-corrected chi connectivity index (χ2v) is 9.63. The highest BCUT2D eigenvalue weighted by Gasteiger charge is 2.22. The molecule has 30 heavy (non-hydrogen) atoms. The number of ether oxygens (including phenoxy) is 1. The fourth-order valence-electron chi connectivity index (χ4n) is 3.80. The van der Waals surface area contributed by atoms with Crippen molar-refractivity contribution in [1.29, 1.82) is 0 Å². The summed E-state index contributed by atoms with van der Waals surface area (Å²) in [5, 5.41) is 2.94. The van der Waals surface area contributed by atoms with Crippen molar-refractivity contribution in [2.24, 2.45) is 0 Å². The van der Waals surface area contributed by atoms with E-state index in [1.165, 1.54) is 24.0 Å². The molecule has 0 heterocycles. The summed E-state index contributed by atoms with van der Waals surface area (Å²) >= 11 is 0. The van der Waals surface area contributed by atoms with Gasteiger partial charge in [0.05, 0.1) is 24.6 Å². The standard InChI is InChI=1S/C23H30N2O4S/c1-4-29-22-13-11-21(12-14-22)25(30(3,27)28)16-23(26)24-17(2)19-10-9-18-7-5-6-8-20(18)15-19/h9-15,17H,4-8,16H2,1-3H3,(H,24,26)/t17-/m1/s1. The van der Waals surface area contributed by atoms with E-state index in [1.807, 2.05) is 13.8 Å². The summed E-state index contributed by atoms with van der Waals surface area (Å²) in [5.74, 6) is 0.305. The van der Waals surface area contributed by atoms with Crippen LogP contribution in [-0.4, -0.2) is 33.7 Å². The molecule has 0 spiro atoms. The zero-order valence-electron chi connectivity index (χ0n) is 17.8. The van der Waals surface area contributed by atoms with Gasteiger partial charge in [0.15, 0.2) is 0 Å².